The molecule has 0 aliphatic carbocycles. The second kappa shape index (κ2) is 5.97. The molecular formula is C17H17NO3. The summed E-state index contributed by atoms with van der Waals surface area (Å²) in [4.78, 5) is 14.2. The van der Waals surface area contributed by atoms with E-state index < -0.39 is 0 Å². The number of rotatable bonds is 4. The van der Waals surface area contributed by atoms with Crippen molar-refractivity contribution in [1.82, 2.24) is 4.90 Å². The summed E-state index contributed by atoms with van der Waals surface area (Å²) >= 11 is 0. The van der Waals surface area contributed by atoms with Gasteiger partial charge in [-0.25, -0.2) is 0 Å². The summed E-state index contributed by atoms with van der Waals surface area (Å²) in [5, 5.41) is 9.04. The van der Waals surface area contributed by atoms with Gasteiger partial charge in [0.1, 0.15) is 11.5 Å². The van der Waals surface area contributed by atoms with Crippen LogP contribution < -0.4 is 4.74 Å². The lowest BCUT2D eigenvalue weighted by Crippen LogP contribution is -2.51. The summed E-state index contributed by atoms with van der Waals surface area (Å²) in [5.74, 6) is 1.41. The fourth-order valence-corrected chi connectivity index (χ4v) is 2.37. The Hall–Kier alpha value is -2.33. The molecule has 1 heterocycles. The highest BCUT2D eigenvalue weighted by Gasteiger charge is 2.31. The lowest BCUT2D eigenvalue weighted by Gasteiger charge is -2.38. The van der Waals surface area contributed by atoms with Crippen LogP contribution in [-0.2, 0) is 0 Å². The minimum Gasteiger partial charge on any atom is -0.457 e. The van der Waals surface area contributed by atoms with E-state index in [0.29, 0.717) is 30.2 Å². The van der Waals surface area contributed by atoms with Crippen molar-refractivity contribution in [3.8, 4) is 11.5 Å². The number of likely N-dealkylation sites (tertiary alicyclic amines) is 1. The van der Waals surface area contributed by atoms with E-state index in [9.17, 15) is 4.79 Å². The Morgan fingerprint density at radius 2 is 1.76 bits per heavy atom. The van der Waals surface area contributed by atoms with Crippen molar-refractivity contribution in [2.75, 3.05) is 19.7 Å². The number of carbonyl (C=O) groups excluding carboxylic acids is 1. The van der Waals surface area contributed by atoms with E-state index in [4.69, 9.17) is 9.84 Å². The number of nitrogens with zero attached hydrogens (tertiary/aromatic N) is 1. The Kier molecular flexibility index (Phi) is 3.88. The summed E-state index contributed by atoms with van der Waals surface area (Å²) in [6.45, 7) is 1.34. The molecule has 4 heteroatoms. The number of hydrogen-bond donors (Lipinski definition) is 1. The van der Waals surface area contributed by atoms with E-state index in [1.807, 2.05) is 42.5 Å². The first-order valence-electron chi connectivity index (χ1n) is 7.00. The molecule has 0 spiro atoms. The van der Waals surface area contributed by atoms with Gasteiger partial charge in [0.05, 0.1) is 5.56 Å². The van der Waals surface area contributed by atoms with Crippen LogP contribution in [0.15, 0.2) is 54.6 Å². The van der Waals surface area contributed by atoms with Crippen molar-refractivity contribution >= 4 is 5.91 Å². The molecule has 1 amide bonds. The van der Waals surface area contributed by atoms with Gasteiger partial charge in [-0.3, -0.25) is 4.79 Å². The normalized spacial score (nSPS) is 14.6. The van der Waals surface area contributed by atoms with Gasteiger partial charge in [-0.15, -0.1) is 0 Å². The lowest BCUT2D eigenvalue weighted by molar-refractivity contribution is 0.0360. The first-order valence-corrected chi connectivity index (χ1v) is 7.00. The minimum atomic E-state index is -0.0498. The van der Waals surface area contributed by atoms with Gasteiger partial charge in [0.25, 0.3) is 5.91 Å². The summed E-state index contributed by atoms with van der Waals surface area (Å²) in [6.07, 6.45) is 0. The molecule has 0 saturated carbocycles. The summed E-state index contributed by atoms with van der Waals surface area (Å²) in [7, 11) is 0. The number of benzene rings is 2. The van der Waals surface area contributed by atoms with Crippen LogP contribution in [0.5, 0.6) is 11.5 Å². The Balaban J connectivity index is 1.78. The van der Waals surface area contributed by atoms with Gasteiger partial charge in [0.2, 0.25) is 0 Å². The molecule has 0 atom stereocenters. The highest BCUT2D eigenvalue weighted by molar-refractivity contribution is 5.97. The van der Waals surface area contributed by atoms with Crippen molar-refractivity contribution in [3.63, 3.8) is 0 Å². The smallest absolute Gasteiger partial charge is 0.257 e. The molecule has 1 N–H and O–H groups in total. The highest BCUT2D eigenvalue weighted by atomic mass is 16.5. The topological polar surface area (TPSA) is 49.8 Å². The maximum absolute atomic E-state index is 12.5. The van der Waals surface area contributed by atoms with Gasteiger partial charge in [0.15, 0.2) is 0 Å². The predicted molar refractivity (Wildman–Crippen MR) is 79.4 cm³/mol. The molecule has 4 nitrogen and oxygen atoms in total. The first kappa shape index (κ1) is 13.6. The molecule has 108 valence electrons. The van der Waals surface area contributed by atoms with Crippen molar-refractivity contribution in [2.45, 2.75) is 0 Å². The number of amides is 1. The molecule has 21 heavy (non-hydrogen) atoms. The van der Waals surface area contributed by atoms with E-state index in [1.165, 1.54) is 0 Å². The zero-order chi connectivity index (χ0) is 14.7. The van der Waals surface area contributed by atoms with Crippen LogP contribution in [0.2, 0.25) is 0 Å². The standard InChI is InChI=1S/C17H17NO3/c19-12-13-10-18(11-13)17(20)15-8-4-5-9-16(15)21-14-6-2-1-3-7-14/h1-9,13,19H,10-12H2. The fraction of sp³-hybridized carbons (Fsp3) is 0.235. The largest absolute Gasteiger partial charge is 0.457 e. The lowest BCUT2D eigenvalue weighted by atomic mass is 10.00. The van der Waals surface area contributed by atoms with Crippen molar-refractivity contribution in [2.24, 2.45) is 5.92 Å². The molecule has 2 aromatic carbocycles. The maximum atomic E-state index is 12.5. The third-order valence-electron chi connectivity index (χ3n) is 3.59. The van der Waals surface area contributed by atoms with Crippen molar-refractivity contribution in [3.05, 3.63) is 60.2 Å². The maximum Gasteiger partial charge on any atom is 0.257 e. The monoisotopic (exact) mass is 283 g/mol. The zero-order valence-electron chi connectivity index (χ0n) is 11.6. The molecule has 0 bridgehead atoms. The van der Waals surface area contributed by atoms with Crippen LogP contribution in [0.4, 0.5) is 0 Å². The van der Waals surface area contributed by atoms with E-state index in [2.05, 4.69) is 0 Å². The second-order valence-corrected chi connectivity index (χ2v) is 5.17. The predicted octanol–water partition coefficient (Wildman–Crippen LogP) is 2.54. The molecule has 0 radical (unpaired) electrons. The average molecular weight is 283 g/mol. The van der Waals surface area contributed by atoms with Gasteiger partial charge >= 0.3 is 0 Å². The molecule has 0 aromatic heterocycles. The highest BCUT2D eigenvalue weighted by Crippen LogP contribution is 2.28. The Morgan fingerprint density at radius 3 is 2.48 bits per heavy atom. The Labute approximate surface area is 123 Å². The van der Waals surface area contributed by atoms with Crippen LogP contribution in [0, 0.1) is 5.92 Å². The summed E-state index contributed by atoms with van der Waals surface area (Å²) < 4.78 is 5.81. The van der Waals surface area contributed by atoms with E-state index in [-0.39, 0.29) is 18.4 Å². The molecular weight excluding hydrogens is 266 g/mol. The van der Waals surface area contributed by atoms with Crippen LogP contribution in [0.25, 0.3) is 0 Å². The number of aliphatic hydroxyl groups is 1. The second-order valence-electron chi connectivity index (χ2n) is 5.17. The number of aliphatic hydroxyl groups excluding tert-OH is 1. The Bertz CT molecular complexity index is 621. The Morgan fingerprint density at radius 1 is 1.10 bits per heavy atom. The third kappa shape index (κ3) is 2.90. The van der Waals surface area contributed by atoms with Gasteiger partial charge in [-0.2, -0.15) is 0 Å². The van der Waals surface area contributed by atoms with E-state index in [0.717, 1.165) is 0 Å². The quantitative estimate of drug-likeness (QED) is 0.938. The number of para-hydroxylation sites is 2. The van der Waals surface area contributed by atoms with Crippen molar-refractivity contribution < 1.29 is 14.6 Å². The summed E-state index contributed by atoms with van der Waals surface area (Å²) in [5.41, 5.74) is 0.553. The van der Waals surface area contributed by atoms with Gasteiger partial charge in [-0.05, 0) is 24.3 Å². The summed E-state index contributed by atoms with van der Waals surface area (Å²) in [6, 6.07) is 16.6. The van der Waals surface area contributed by atoms with Crippen LogP contribution >= 0.6 is 0 Å². The van der Waals surface area contributed by atoms with Crippen LogP contribution in [0.1, 0.15) is 10.4 Å². The molecule has 1 fully saturated rings. The van der Waals surface area contributed by atoms with Gasteiger partial charge in [-0.1, -0.05) is 30.3 Å². The molecule has 1 aliphatic heterocycles. The van der Waals surface area contributed by atoms with Gasteiger partial charge < -0.3 is 14.7 Å². The number of ether oxygens (including phenoxy) is 1. The zero-order valence-corrected chi connectivity index (χ0v) is 11.6. The molecule has 1 aliphatic rings. The van der Waals surface area contributed by atoms with Gasteiger partial charge in [0, 0.05) is 25.6 Å². The molecule has 2 aromatic rings. The fourth-order valence-electron chi connectivity index (χ4n) is 2.37. The average Bonchev–Trinajstić information content (AvgIpc) is 2.48. The number of hydrogen-bond acceptors (Lipinski definition) is 3. The third-order valence-corrected chi connectivity index (χ3v) is 3.59. The minimum absolute atomic E-state index is 0.0498. The van der Waals surface area contributed by atoms with Crippen LogP contribution in [-0.4, -0.2) is 35.6 Å². The molecule has 0 unspecified atom stereocenters. The van der Waals surface area contributed by atoms with E-state index >= 15 is 0 Å². The SMILES string of the molecule is O=C(c1ccccc1Oc1ccccc1)N1CC(CO)C1. The van der Waals surface area contributed by atoms with Crippen molar-refractivity contribution in [1.29, 1.82) is 0 Å². The van der Waals surface area contributed by atoms with Crippen LogP contribution in [0.3, 0.4) is 0 Å². The molecule has 1 saturated heterocycles. The number of carbonyl (C=O) groups is 1. The molecule has 3 rings (SSSR count). The first-order chi connectivity index (χ1) is 10.3. The van der Waals surface area contributed by atoms with E-state index in [1.54, 1.807) is 17.0 Å².